The van der Waals surface area contributed by atoms with Crippen LogP contribution in [0.5, 0.6) is 11.5 Å². The van der Waals surface area contributed by atoms with Crippen LogP contribution in [0.4, 0.5) is 17.3 Å². The van der Waals surface area contributed by atoms with Gasteiger partial charge in [0.25, 0.3) is 5.91 Å². The summed E-state index contributed by atoms with van der Waals surface area (Å²) < 4.78 is 10.5. The average Bonchev–Trinajstić information content (AvgIpc) is 2.73. The highest BCUT2D eigenvalue weighted by molar-refractivity contribution is 6.04. The van der Waals surface area contributed by atoms with E-state index in [1.54, 1.807) is 38.5 Å². The number of hydrogen-bond acceptors (Lipinski definition) is 6. The van der Waals surface area contributed by atoms with Gasteiger partial charge in [0.2, 0.25) is 5.95 Å². The molecule has 7 heteroatoms. The second-order valence-electron chi connectivity index (χ2n) is 6.37. The van der Waals surface area contributed by atoms with E-state index in [0.717, 1.165) is 17.7 Å². The summed E-state index contributed by atoms with van der Waals surface area (Å²) in [5, 5.41) is 6.05. The van der Waals surface area contributed by atoms with Crippen molar-refractivity contribution < 1.29 is 14.3 Å². The maximum absolute atomic E-state index is 12.8. The van der Waals surface area contributed by atoms with E-state index in [2.05, 4.69) is 27.5 Å². The number of hydrogen-bond donors (Lipinski definition) is 2. The Kier molecular flexibility index (Phi) is 6.29. The molecule has 1 heterocycles. The lowest BCUT2D eigenvalue weighted by molar-refractivity contribution is 0.102. The first-order valence-corrected chi connectivity index (χ1v) is 9.28. The van der Waals surface area contributed by atoms with Crippen LogP contribution in [0.2, 0.25) is 0 Å². The van der Waals surface area contributed by atoms with E-state index in [-0.39, 0.29) is 11.6 Å². The van der Waals surface area contributed by atoms with Gasteiger partial charge in [-0.25, -0.2) is 9.97 Å². The van der Waals surface area contributed by atoms with Gasteiger partial charge >= 0.3 is 0 Å². The first kappa shape index (κ1) is 20.1. The Hall–Kier alpha value is -3.61. The summed E-state index contributed by atoms with van der Waals surface area (Å²) in [5.41, 5.74) is 3.49. The summed E-state index contributed by atoms with van der Waals surface area (Å²) in [6.07, 6.45) is 0.873. The normalized spacial score (nSPS) is 10.3. The third kappa shape index (κ3) is 4.82. The quantitative estimate of drug-likeness (QED) is 0.621. The number of methoxy groups -OCH3 is 2. The number of nitrogens with one attached hydrogen (secondary N) is 2. The minimum absolute atomic E-state index is 0.249. The van der Waals surface area contributed by atoms with Crippen LogP contribution in [0.3, 0.4) is 0 Å². The molecule has 2 aromatic carbocycles. The Morgan fingerprint density at radius 1 is 1.00 bits per heavy atom. The largest absolute Gasteiger partial charge is 0.497 e. The molecule has 3 aromatic rings. The molecule has 0 aliphatic carbocycles. The number of amides is 1. The molecular weight excluding hydrogens is 368 g/mol. The molecule has 0 aliphatic rings. The zero-order valence-corrected chi connectivity index (χ0v) is 16.9. The van der Waals surface area contributed by atoms with Crippen LogP contribution < -0.4 is 20.1 Å². The summed E-state index contributed by atoms with van der Waals surface area (Å²) in [6.45, 7) is 3.90. The van der Waals surface area contributed by atoms with Gasteiger partial charge in [-0.2, -0.15) is 0 Å². The van der Waals surface area contributed by atoms with E-state index in [9.17, 15) is 4.79 Å². The van der Waals surface area contributed by atoms with Crippen molar-refractivity contribution in [1.29, 1.82) is 0 Å². The Balaban J connectivity index is 1.87. The predicted octanol–water partition coefficient (Wildman–Crippen LogP) is 4.36. The van der Waals surface area contributed by atoms with Gasteiger partial charge in [-0.15, -0.1) is 0 Å². The summed E-state index contributed by atoms with van der Waals surface area (Å²) in [6, 6.07) is 14.8. The molecule has 0 bridgehead atoms. The van der Waals surface area contributed by atoms with Crippen molar-refractivity contribution in [2.24, 2.45) is 0 Å². The van der Waals surface area contributed by atoms with E-state index in [1.807, 2.05) is 31.2 Å². The molecule has 0 saturated heterocycles. The molecular formula is C22H24N4O3. The number of rotatable bonds is 7. The maximum Gasteiger partial charge on any atom is 0.274 e. The van der Waals surface area contributed by atoms with Gasteiger partial charge in [-0.1, -0.05) is 25.1 Å². The number of nitrogens with zero attached hydrogens (tertiary/aromatic N) is 2. The minimum Gasteiger partial charge on any atom is -0.497 e. The Morgan fingerprint density at radius 3 is 2.52 bits per heavy atom. The van der Waals surface area contributed by atoms with Crippen LogP contribution in [0.1, 0.15) is 28.7 Å². The van der Waals surface area contributed by atoms with Crippen molar-refractivity contribution in [3.8, 4) is 11.5 Å². The van der Waals surface area contributed by atoms with Crippen LogP contribution in [0.25, 0.3) is 0 Å². The molecule has 1 amide bonds. The number of ether oxygens (including phenoxy) is 2. The fourth-order valence-electron chi connectivity index (χ4n) is 2.91. The van der Waals surface area contributed by atoms with E-state index in [1.165, 1.54) is 0 Å². The van der Waals surface area contributed by atoms with Crippen molar-refractivity contribution >= 4 is 23.2 Å². The summed E-state index contributed by atoms with van der Waals surface area (Å²) in [5.74, 6) is 1.14. The lowest BCUT2D eigenvalue weighted by Gasteiger charge is -2.13. The van der Waals surface area contributed by atoms with Crippen molar-refractivity contribution in [2.45, 2.75) is 20.3 Å². The lowest BCUT2D eigenvalue weighted by Crippen LogP contribution is -2.16. The second kappa shape index (κ2) is 9.05. The topological polar surface area (TPSA) is 85.4 Å². The molecule has 0 atom stereocenters. The van der Waals surface area contributed by atoms with Crippen LogP contribution in [-0.2, 0) is 6.42 Å². The van der Waals surface area contributed by atoms with Crippen LogP contribution >= 0.6 is 0 Å². The third-order valence-corrected chi connectivity index (χ3v) is 4.39. The number of anilines is 3. The molecule has 0 aliphatic heterocycles. The first-order valence-electron chi connectivity index (χ1n) is 9.28. The number of aromatic nitrogens is 2. The third-order valence-electron chi connectivity index (χ3n) is 4.39. The van der Waals surface area contributed by atoms with Gasteiger partial charge in [0.05, 0.1) is 19.9 Å². The Labute approximate surface area is 170 Å². The summed E-state index contributed by atoms with van der Waals surface area (Å²) >= 11 is 0. The van der Waals surface area contributed by atoms with Crippen LogP contribution in [-0.4, -0.2) is 30.1 Å². The molecule has 0 fully saturated rings. The zero-order valence-electron chi connectivity index (χ0n) is 16.9. The van der Waals surface area contributed by atoms with Gasteiger partial charge in [-0.05, 0) is 43.2 Å². The molecule has 0 spiro atoms. The summed E-state index contributed by atoms with van der Waals surface area (Å²) in [7, 11) is 3.10. The average molecular weight is 392 g/mol. The molecule has 0 radical (unpaired) electrons. The molecule has 7 nitrogen and oxygen atoms in total. The van der Waals surface area contributed by atoms with Crippen molar-refractivity contribution in [3.63, 3.8) is 0 Å². The highest BCUT2D eigenvalue weighted by Gasteiger charge is 2.15. The maximum atomic E-state index is 12.8. The van der Waals surface area contributed by atoms with E-state index < -0.39 is 0 Å². The van der Waals surface area contributed by atoms with Crippen molar-refractivity contribution in [3.05, 3.63) is 65.5 Å². The van der Waals surface area contributed by atoms with E-state index >= 15 is 0 Å². The number of para-hydroxylation sites is 1. The number of carbonyl (C=O) groups excluding carboxylic acids is 1. The minimum atomic E-state index is -0.367. The van der Waals surface area contributed by atoms with Gasteiger partial charge < -0.3 is 20.1 Å². The van der Waals surface area contributed by atoms with Crippen molar-refractivity contribution in [1.82, 2.24) is 9.97 Å². The van der Waals surface area contributed by atoms with Crippen LogP contribution in [0.15, 0.2) is 48.5 Å². The van der Waals surface area contributed by atoms with Gasteiger partial charge in [0.15, 0.2) is 0 Å². The zero-order chi connectivity index (χ0) is 20.8. The smallest absolute Gasteiger partial charge is 0.274 e. The van der Waals surface area contributed by atoms with Gasteiger partial charge in [-0.3, -0.25) is 4.79 Å². The Bertz CT molecular complexity index is 1020. The fraction of sp³-hybridized carbons (Fsp3) is 0.227. The second-order valence-corrected chi connectivity index (χ2v) is 6.37. The molecule has 150 valence electrons. The molecule has 29 heavy (non-hydrogen) atoms. The standard InChI is InChI=1S/C22H24N4O3/c1-5-15-8-6-7-9-17(15)25-22-23-14(2)12-19(26-22)21(27)24-18-13-16(28-3)10-11-20(18)29-4/h6-13H,5H2,1-4H3,(H,24,27)(H,23,25,26). The monoisotopic (exact) mass is 392 g/mol. The van der Waals surface area contributed by atoms with Crippen molar-refractivity contribution in [2.75, 3.05) is 24.9 Å². The first-order chi connectivity index (χ1) is 14.0. The SMILES string of the molecule is CCc1ccccc1Nc1nc(C)cc(C(=O)Nc2cc(OC)ccc2OC)n1. The molecule has 1 aromatic heterocycles. The molecule has 2 N–H and O–H groups in total. The Morgan fingerprint density at radius 2 is 1.79 bits per heavy atom. The van der Waals surface area contributed by atoms with E-state index in [0.29, 0.717) is 28.8 Å². The lowest BCUT2D eigenvalue weighted by atomic mass is 10.1. The number of benzene rings is 2. The molecule has 0 saturated carbocycles. The molecule has 3 rings (SSSR count). The highest BCUT2D eigenvalue weighted by Crippen LogP contribution is 2.29. The number of aryl methyl sites for hydroxylation is 2. The predicted molar refractivity (Wildman–Crippen MR) is 113 cm³/mol. The number of carbonyl (C=O) groups is 1. The van der Waals surface area contributed by atoms with Crippen LogP contribution in [0, 0.1) is 6.92 Å². The molecule has 0 unspecified atom stereocenters. The van der Waals surface area contributed by atoms with Gasteiger partial charge in [0, 0.05) is 17.4 Å². The summed E-state index contributed by atoms with van der Waals surface area (Å²) in [4.78, 5) is 21.6. The van der Waals surface area contributed by atoms with E-state index in [4.69, 9.17) is 9.47 Å². The fourth-order valence-corrected chi connectivity index (χ4v) is 2.91. The highest BCUT2D eigenvalue weighted by atomic mass is 16.5. The van der Waals surface area contributed by atoms with Gasteiger partial charge in [0.1, 0.15) is 17.2 Å².